The van der Waals surface area contributed by atoms with E-state index in [0.717, 1.165) is 89.9 Å². The number of carbonyl (C=O) groups is 2. The third kappa shape index (κ3) is 34.4. The average molecular weight is 923 g/mol. The lowest BCUT2D eigenvalue weighted by Crippen LogP contribution is -2.60. The number of ether oxygens (including phenoxy) is 4. The molecule has 1 saturated heterocycles. The summed E-state index contributed by atoms with van der Waals surface area (Å²) >= 11 is 0. The average Bonchev–Trinajstić information content (AvgIpc) is 3.26. The highest BCUT2D eigenvalue weighted by molar-refractivity contribution is 7.85. The molecule has 12 nitrogen and oxygen atoms in total. The van der Waals surface area contributed by atoms with Gasteiger partial charge in [-0.2, -0.15) is 8.42 Å². The topological polar surface area (TPSA) is 186 Å². The molecule has 1 aliphatic rings. The van der Waals surface area contributed by atoms with Gasteiger partial charge in [-0.15, -0.1) is 0 Å². The van der Waals surface area contributed by atoms with Crippen LogP contribution in [0.5, 0.6) is 0 Å². The van der Waals surface area contributed by atoms with E-state index in [1.807, 2.05) is 0 Å². The standard InChI is InChI=1S/C51H86O12S/c1-3-5-7-9-11-13-15-17-19-21-22-24-25-27-29-31-33-35-37-39-46(52)60-41-44(42-61-51-50(56)49(55)48(54)45(63-51)43-64(57,58)59)62-47(53)40-38-36-34-32-30-28-26-23-20-18-16-14-12-10-8-6-4-2/h11-14,17-20,22,24,27,29,44-45,48-51,54-56H,3-10,15-16,21,23,25-26,28,30-43H2,1-2H3,(H,57,58,59)/b13-11+,14-12+,19-17+,20-18+,24-22+,29-27+/t44-,45-,48-,49?,50?,51+/m1/s1. The van der Waals surface area contributed by atoms with Crippen molar-refractivity contribution in [3.05, 3.63) is 72.9 Å². The van der Waals surface area contributed by atoms with E-state index < -0.39 is 71.2 Å². The van der Waals surface area contributed by atoms with E-state index >= 15 is 0 Å². The predicted octanol–water partition coefficient (Wildman–Crippen LogP) is 10.7. The summed E-state index contributed by atoms with van der Waals surface area (Å²) in [5.41, 5.74) is 0. The first-order chi connectivity index (χ1) is 31.0. The molecule has 0 aliphatic carbocycles. The molecule has 64 heavy (non-hydrogen) atoms. The van der Waals surface area contributed by atoms with Crippen LogP contribution in [0, 0.1) is 0 Å². The van der Waals surface area contributed by atoms with Crippen LogP contribution in [0.2, 0.25) is 0 Å². The van der Waals surface area contributed by atoms with Gasteiger partial charge in [-0.3, -0.25) is 14.1 Å². The van der Waals surface area contributed by atoms with E-state index in [2.05, 4.69) is 86.8 Å². The van der Waals surface area contributed by atoms with Gasteiger partial charge in [0.25, 0.3) is 10.1 Å². The highest BCUT2D eigenvalue weighted by Crippen LogP contribution is 2.24. The molecule has 2 unspecified atom stereocenters. The van der Waals surface area contributed by atoms with Gasteiger partial charge in [0.1, 0.15) is 36.8 Å². The number of unbranched alkanes of at least 4 members (excludes halogenated alkanes) is 16. The third-order valence-electron chi connectivity index (χ3n) is 10.8. The van der Waals surface area contributed by atoms with E-state index in [4.69, 9.17) is 18.9 Å². The van der Waals surface area contributed by atoms with Crippen molar-refractivity contribution in [3.8, 4) is 0 Å². The number of aliphatic hydroxyl groups is 3. The zero-order valence-electron chi connectivity index (χ0n) is 39.4. The van der Waals surface area contributed by atoms with Crippen molar-refractivity contribution in [1.29, 1.82) is 0 Å². The molecule has 0 amide bonds. The molecule has 0 aromatic rings. The van der Waals surface area contributed by atoms with Gasteiger partial charge in [-0.25, -0.2) is 0 Å². The van der Waals surface area contributed by atoms with Crippen LogP contribution in [-0.2, 0) is 38.7 Å². The number of carbonyl (C=O) groups excluding carboxylic acids is 2. The molecule has 1 aliphatic heterocycles. The van der Waals surface area contributed by atoms with Crippen molar-refractivity contribution < 1.29 is 56.8 Å². The van der Waals surface area contributed by atoms with E-state index in [0.29, 0.717) is 12.8 Å². The lowest BCUT2D eigenvalue weighted by atomic mass is 10.00. The fourth-order valence-electron chi connectivity index (χ4n) is 6.92. The zero-order valence-corrected chi connectivity index (χ0v) is 40.2. The third-order valence-corrected chi connectivity index (χ3v) is 11.5. The number of rotatable bonds is 40. The zero-order chi connectivity index (χ0) is 46.9. The quantitative estimate of drug-likeness (QED) is 0.0198. The minimum atomic E-state index is -4.61. The van der Waals surface area contributed by atoms with Crippen molar-refractivity contribution in [2.24, 2.45) is 0 Å². The molecule has 0 aromatic heterocycles. The molecule has 0 saturated carbocycles. The second-order valence-corrected chi connectivity index (χ2v) is 18.3. The molecular formula is C51H86O12S. The molecule has 1 fully saturated rings. The van der Waals surface area contributed by atoms with Crippen LogP contribution in [0.4, 0.5) is 0 Å². The molecule has 0 bridgehead atoms. The maximum atomic E-state index is 12.8. The van der Waals surface area contributed by atoms with E-state index in [1.54, 1.807) is 0 Å². The lowest BCUT2D eigenvalue weighted by Gasteiger charge is -2.40. The molecule has 1 heterocycles. The summed E-state index contributed by atoms with van der Waals surface area (Å²) in [7, 11) is -4.61. The summed E-state index contributed by atoms with van der Waals surface area (Å²) in [4.78, 5) is 25.5. The van der Waals surface area contributed by atoms with Gasteiger partial charge < -0.3 is 34.3 Å². The van der Waals surface area contributed by atoms with Crippen LogP contribution in [0.25, 0.3) is 0 Å². The van der Waals surface area contributed by atoms with Crippen LogP contribution < -0.4 is 0 Å². The molecule has 1 rings (SSSR count). The van der Waals surface area contributed by atoms with Gasteiger partial charge in [0.15, 0.2) is 12.4 Å². The second-order valence-electron chi connectivity index (χ2n) is 16.8. The van der Waals surface area contributed by atoms with Crippen molar-refractivity contribution in [3.63, 3.8) is 0 Å². The Morgan fingerprint density at radius 2 is 0.938 bits per heavy atom. The van der Waals surface area contributed by atoms with Gasteiger partial charge in [0.2, 0.25) is 0 Å². The fraction of sp³-hybridized carbons (Fsp3) is 0.725. The summed E-state index contributed by atoms with van der Waals surface area (Å²) in [5, 5.41) is 30.9. The second kappa shape index (κ2) is 40.4. The number of esters is 2. The van der Waals surface area contributed by atoms with Gasteiger partial charge in [0.05, 0.1) is 6.61 Å². The smallest absolute Gasteiger partial charge is 0.306 e. The molecule has 0 spiro atoms. The van der Waals surface area contributed by atoms with Gasteiger partial charge >= 0.3 is 11.9 Å². The largest absolute Gasteiger partial charge is 0.462 e. The first-order valence-electron chi connectivity index (χ1n) is 24.5. The SMILES string of the molecule is CCCCC/C=C/C/C=C/C/C=C/C/C=C/CCCCCC(=O)OC[C@H](CO[C@H]1O[C@H](CS(=O)(=O)O)[C@@H](O)C(O)C1O)OC(=O)CCCCCCCCC/C=C/C/C=C/CCCCC. The lowest BCUT2D eigenvalue weighted by molar-refractivity contribution is -0.297. The Bertz CT molecular complexity index is 1450. The Morgan fingerprint density at radius 1 is 0.531 bits per heavy atom. The first kappa shape index (κ1) is 59.1. The molecule has 0 aromatic carbocycles. The van der Waals surface area contributed by atoms with Gasteiger partial charge in [0, 0.05) is 12.8 Å². The summed E-state index contributed by atoms with van der Waals surface area (Å²) < 4.78 is 54.1. The number of hydrogen-bond donors (Lipinski definition) is 4. The number of hydrogen-bond acceptors (Lipinski definition) is 11. The Balaban J connectivity index is 2.45. The first-order valence-corrected chi connectivity index (χ1v) is 26.1. The minimum Gasteiger partial charge on any atom is -0.462 e. The maximum Gasteiger partial charge on any atom is 0.306 e. The van der Waals surface area contributed by atoms with Crippen molar-refractivity contribution in [2.45, 2.75) is 218 Å². The Hall–Kier alpha value is -2.91. The van der Waals surface area contributed by atoms with Crippen LogP contribution in [0.15, 0.2) is 72.9 Å². The Morgan fingerprint density at radius 3 is 1.41 bits per heavy atom. The fourth-order valence-corrected chi connectivity index (χ4v) is 7.62. The minimum absolute atomic E-state index is 0.144. The van der Waals surface area contributed by atoms with Gasteiger partial charge in [-0.05, 0) is 89.9 Å². The maximum absolute atomic E-state index is 12.8. The highest BCUT2D eigenvalue weighted by atomic mass is 32.2. The molecule has 13 heteroatoms. The van der Waals surface area contributed by atoms with Gasteiger partial charge in [-0.1, -0.05) is 151 Å². The highest BCUT2D eigenvalue weighted by Gasteiger charge is 2.46. The Kier molecular flexibility index (Phi) is 37.3. The molecule has 6 atom stereocenters. The monoisotopic (exact) mass is 923 g/mol. The number of aliphatic hydroxyl groups excluding tert-OH is 3. The molecule has 0 radical (unpaired) electrons. The summed E-state index contributed by atoms with van der Waals surface area (Å²) in [6.07, 6.45) is 42.2. The van der Waals surface area contributed by atoms with Crippen molar-refractivity contribution >= 4 is 22.1 Å². The van der Waals surface area contributed by atoms with E-state index in [9.17, 15) is 37.9 Å². The normalized spacial score (nSPS) is 20.2. The Labute approximate surface area is 387 Å². The molecule has 368 valence electrons. The van der Waals surface area contributed by atoms with Crippen LogP contribution in [0.3, 0.4) is 0 Å². The van der Waals surface area contributed by atoms with E-state index in [1.165, 1.54) is 51.4 Å². The predicted molar refractivity (Wildman–Crippen MR) is 256 cm³/mol. The van der Waals surface area contributed by atoms with Crippen molar-refractivity contribution in [2.75, 3.05) is 19.0 Å². The number of allylic oxidation sites excluding steroid dienone is 12. The molecular weight excluding hydrogens is 837 g/mol. The van der Waals surface area contributed by atoms with Crippen LogP contribution in [0.1, 0.15) is 181 Å². The summed E-state index contributed by atoms with van der Waals surface area (Å²) in [5.74, 6) is -2.04. The molecule has 4 N–H and O–H groups in total. The van der Waals surface area contributed by atoms with E-state index in [-0.39, 0.29) is 19.4 Å². The van der Waals surface area contributed by atoms with Crippen LogP contribution >= 0.6 is 0 Å². The van der Waals surface area contributed by atoms with Crippen LogP contribution in [-0.4, -0.2) is 96.0 Å². The summed E-state index contributed by atoms with van der Waals surface area (Å²) in [6, 6.07) is 0. The van der Waals surface area contributed by atoms with Crippen molar-refractivity contribution in [1.82, 2.24) is 0 Å². The summed E-state index contributed by atoms with van der Waals surface area (Å²) in [6.45, 7) is 3.67.